The quantitative estimate of drug-likeness (QED) is 0.0676. The molecule has 27 heteroatoms. The van der Waals surface area contributed by atoms with Crippen LogP contribution in [0.5, 0.6) is 0 Å². The van der Waals surface area contributed by atoms with Crippen molar-refractivity contribution in [1.29, 1.82) is 0 Å². The number of nitrogens with zero attached hydrogens (tertiary/aromatic N) is 1. The second-order valence-corrected chi connectivity index (χ2v) is 16.5. The summed E-state index contributed by atoms with van der Waals surface area (Å²) in [4.78, 5) is 0. The van der Waals surface area contributed by atoms with Crippen LogP contribution in [0, 0.1) is 5.95 Å². The maximum absolute atomic E-state index is 14.3. The van der Waals surface area contributed by atoms with E-state index in [0.29, 0.717) is 11.9 Å². The molecule has 0 saturated heterocycles. The molecule has 0 spiro atoms. The zero-order valence-corrected chi connectivity index (χ0v) is 36.5. The van der Waals surface area contributed by atoms with Gasteiger partial charge in [-0.1, -0.05) is 97.1 Å². The summed E-state index contributed by atoms with van der Waals surface area (Å²) < 4.78 is 357. The highest BCUT2D eigenvalue weighted by molar-refractivity contribution is 7.20. The zero-order valence-electron chi connectivity index (χ0n) is 36.5. The molecule has 0 amide bonds. The number of aromatic nitrogens is 1. The molecule has 0 atom stereocenters. The van der Waals surface area contributed by atoms with Gasteiger partial charge in [0.05, 0.1) is 49.9 Å². The van der Waals surface area contributed by atoms with E-state index in [1.54, 1.807) is 10.8 Å². The van der Waals surface area contributed by atoms with Gasteiger partial charge in [-0.25, -0.2) is 0 Å². The van der Waals surface area contributed by atoms with E-state index in [2.05, 4.69) is 0 Å². The van der Waals surface area contributed by atoms with E-state index in [1.165, 1.54) is 0 Å². The number of pyridine rings is 1. The second kappa shape index (κ2) is 19.6. The van der Waals surface area contributed by atoms with Gasteiger partial charge < -0.3 is 0 Å². The molecular formula is C48H25BF25N. The van der Waals surface area contributed by atoms with E-state index in [-0.39, 0.29) is 5.95 Å². The van der Waals surface area contributed by atoms with Crippen molar-refractivity contribution in [2.75, 3.05) is 0 Å². The summed E-state index contributed by atoms with van der Waals surface area (Å²) in [6.45, 7) is 0.553. The minimum Gasteiger partial charge on any atom is -0.194 e. The third-order valence-corrected chi connectivity index (χ3v) is 11.5. The number of halogens is 25. The molecule has 0 aliphatic rings. The Morgan fingerprint density at radius 3 is 0.827 bits per heavy atom. The van der Waals surface area contributed by atoms with E-state index in [9.17, 15) is 110 Å². The third kappa shape index (κ3) is 12.8. The van der Waals surface area contributed by atoms with Crippen molar-refractivity contribution >= 4 is 38.8 Å². The fourth-order valence-electron chi connectivity index (χ4n) is 8.19. The highest BCUT2D eigenvalue weighted by atomic mass is 19.4. The first kappa shape index (κ1) is 57.3. The van der Waals surface area contributed by atoms with Crippen LogP contribution in [0.2, 0.25) is 0 Å². The van der Waals surface area contributed by atoms with Gasteiger partial charge in [0.1, 0.15) is 6.15 Å². The van der Waals surface area contributed by atoms with Crippen molar-refractivity contribution in [2.24, 2.45) is 0 Å². The van der Waals surface area contributed by atoms with E-state index >= 15 is 0 Å². The van der Waals surface area contributed by atoms with Crippen LogP contribution in [0.15, 0.2) is 140 Å². The summed E-state index contributed by atoms with van der Waals surface area (Å²) in [7, 11) is 0. The van der Waals surface area contributed by atoms with Crippen molar-refractivity contribution in [1.82, 2.24) is 0 Å². The lowest BCUT2D eigenvalue weighted by molar-refractivity contribution is -0.714. The minimum absolute atomic E-state index is 0.183. The molecule has 7 rings (SSSR count). The maximum atomic E-state index is 14.3. The number of hydrogen-bond donors (Lipinski definition) is 0. The summed E-state index contributed by atoms with van der Waals surface area (Å²) in [5, 5.41) is 1.59. The molecule has 0 unspecified atom stereocenters. The Morgan fingerprint density at radius 1 is 0.307 bits per heavy atom. The van der Waals surface area contributed by atoms with Gasteiger partial charge in [-0.15, -0.1) is 4.39 Å². The smallest absolute Gasteiger partial charge is 0.194 e. The van der Waals surface area contributed by atoms with E-state index in [1.807, 2.05) is 60.7 Å². The van der Waals surface area contributed by atoms with Crippen LogP contribution in [0.25, 0.3) is 10.8 Å². The van der Waals surface area contributed by atoms with Gasteiger partial charge in [-0.3, -0.25) is 0 Å². The van der Waals surface area contributed by atoms with Crippen LogP contribution in [0.3, 0.4) is 0 Å². The number of hydrogen-bond acceptors (Lipinski definition) is 0. The van der Waals surface area contributed by atoms with Crippen LogP contribution in [-0.4, -0.2) is 6.15 Å². The topological polar surface area (TPSA) is 3.88 Å². The SMILES string of the molecule is FC(F)(F)c1cc([B-](c2cc(C(F)(F)F)cc(C(F)(F)F)c2)(c2cc(C(F)(F)F)cc(C(F)(F)F)c2)c2cc(C(F)(F)F)cc(C(F)(F)F)c2)cc(C(F)(F)F)c1.Fc1c2ccccc2cc[n+]1Cc1ccccc1. The molecule has 1 aromatic heterocycles. The lowest BCUT2D eigenvalue weighted by Crippen LogP contribution is -2.75. The Morgan fingerprint density at radius 2 is 0.560 bits per heavy atom. The van der Waals surface area contributed by atoms with Crippen LogP contribution < -0.4 is 26.4 Å². The van der Waals surface area contributed by atoms with Crippen LogP contribution >= 0.6 is 0 Å². The molecule has 0 aliphatic heterocycles. The first-order valence-corrected chi connectivity index (χ1v) is 20.6. The standard InChI is InChI=1S/C32H12BF24.C16H13FN/c34-25(35,36)13-1-14(26(37,38)39)6-21(5-13)33(22-7-15(27(40,41)42)2-16(8-22)28(43,44)45,23-9-17(29(46,47)48)3-18(10-23)30(49,50)51)24-11-19(31(52,53)54)4-20(12-24)32(55,56)57;17-16-15-9-5-4-8-14(15)10-11-18(16)12-13-6-2-1-3-7-13/h1-12H;1-11H,12H2/q-1;+1. The summed E-state index contributed by atoms with van der Waals surface area (Å²) in [5.41, 5.74) is -29.1. The molecule has 75 heavy (non-hydrogen) atoms. The Kier molecular flexibility index (Phi) is 15.0. The molecule has 0 fully saturated rings. The average Bonchev–Trinajstić information content (AvgIpc) is 3.28. The Hall–Kier alpha value is -6.96. The molecule has 7 aromatic rings. The van der Waals surface area contributed by atoms with Crippen molar-refractivity contribution in [3.8, 4) is 0 Å². The molecule has 6 aromatic carbocycles. The molecule has 0 N–H and O–H groups in total. The maximum Gasteiger partial charge on any atom is 0.416 e. The van der Waals surface area contributed by atoms with E-state index in [0.717, 1.165) is 10.9 Å². The Labute approximate surface area is 404 Å². The van der Waals surface area contributed by atoms with Gasteiger partial charge in [0.2, 0.25) is 0 Å². The molecular weight excluding hydrogens is 1080 g/mol. The van der Waals surface area contributed by atoms with E-state index in [4.69, 9.17) is 0 Å². The van der Waals surface area contributed by atoms with Gasteiger partial charge in [-0.2, -0.15) is 132 Å². The lowest BCUT2D eigenvalue weighted by Gasteiger charge is -2.46. The largest absolute Gasteiger partial charge is 0.416 e. The predicted octanol–water partition coefficient (Wildman–Crippen LogP) is 14.5. The number of fused-ring (bicyclic) bond motifs is 1. The van der Waals surface area contributed by atoms with Gasteiger partial charge >= 0.3 is 55.4 Å². The zero-order chi connectivity index (χ0) is 56.3. The average molecular weight is 1100 g/mol. The van der Waals surface area contributed by atoms with E-state index < -0.39 is 195 Å². The normalized spacial score (nSPS) is 13.5. The number of alkyl halides is 24. The first-order chi connectivity index (χ1) is 34.1. The molecule has 0 bridgehead atoms. The summed E-state index contributed by atoms with van der Waals surface area (Å²) >= 11 is 0. The molecule has 1 nitrogen and oxygen atoms in total. The predicted molar refractivity (Wildman–Crippen MR) is 220 cm³/mol. The summed E-state index contributed by atoms with van der Waals surface area (Å²) in [6, 6.07) is 10.5. The molecule has 0 radical (unpaired) electrons. The summed E-state index contributed by atoms with van der Waals surface area (Å²) in [6.07, 6.45) is -53.0. The van der Waals surface area contributed by atoms with Crippen molar-refractivity contribution in [3.63, 3.8) is 0 Å². The molecule has 400 valence electrons. The molecule has 1 heterocycles. The minimum atomic E-state index is -6.13. The Balaban J connectivity index is 0.000000421. The monoisotopic (exact) mass is 1100 g/mol. The molecule has 0 saturated carbocycles. The van der Waals surface area contributed by atoms with Gasteiger partial charge in [-0.05, 0) is 35.7 Å². The fraction of sp³-hybridized carbons (Fsp3) is 0.188. The second-order valence-electron chi connectivity index (χ2n) is 16.5. The lowest BCUT2D eigenvalue weighted by atomic mass is 9.12. The van der Waals surface area contributed by atoms with Crippen molar-refractivity contribution < 1.29 is 114 Å². The van der Waals surface area contributed by atoms with Gasteiger partial charge in [0, 0.05) is 11.6 Å². The number of benzene rings is 6. The fourth-order valence-corrected chi connectivity index (χ4v) is 8.19. The van der Waals surface area contributed by atoms with Crippen molar-refractivity contribution in [3.05, 3.63) is 196 Å². The molecule has 0 aliphatic carbocycles. The highest BCUT2D eigenvalue weighted by Gasteiger charge is 2.47. The Bertz CT molecular complexity index is 2750. The highest BCUT2D eigenvalue weighted by Crippen LogP contribution is 2.41. The van der Waals surface area contributed by atoms with Crippen LogP contribution in [0.4, 0.5) is 110 Å². The third-order valence-electron chi connectivity index (χ3n) is 11.5. The van der Waals surface area contributed by atoms with Gasteiger partial charge in [0.15, 0.2) is 12.7 Å². The number of rotatable bonds is 6. The van der Waals surface area contributed by atoms with Crippen molar-refractivity contribution in [2.45, 2.75) is 56.0 Å². The van der Waals surface area contributed by atoms with Crippen LogP contribution in [0.1, 0.15) is 50.1 Å². The summed E-state index contributed by atoms with van der Waals surface area (Å²) in [5.74, 6) is -0.183. The first-order valence-electron chi connectivity index (χ1n) is 20.6. The van der Waals surface area contributed by atoms with Gasteiger partial charge in [0.25, 0.3) is 0 Å². The van der Waals surface area contributed by atoms with Crippen LogP contribution in [-0.2, 0) is 56.0 Å².